The molecule has 0 radical (unpaired) electrons. The van der Waals surface area contributed by atoms with Crippen LogP contribution in [0.25, 0.3) is 0 Å². The zero-order chi connectivity index (χ0) is 15.9. The van der Waals surface area contributed by atoms with Crippen molar-refractivity contribution in [3.05, 3.63) is 23.9 Å². The van der Waals surface area contributed by atoms with Gasteiger partial charge < -0.3 is 14.4 Å². The molecule has 120 valence electrons. The van der Waals surface area contributed by atoms with E-state index in [1.807, 2.05) is 37.9 Å². The van der Waals surface area contributed by atoms with Crippen molar-refractivity contribution in [3.63, 3.8) is 0 Å². The molecular weight excluding hydrogens is 280 g/mol. The summed E-state index contributed by atoms with van der Waals surface area (Å²) in [6.07, 6.45) is 3.87. The van der Waals surface area contributed by atoms with Crippen LogP contribution < -0.4 is 4.74 Å². The molecule has 1 amide bonds. The van der Waals surface area contributed by atoms with Gasteiger partial charge in [0.1, 0.15) is 5.60 Å². The number of carbonyl (C=O) groups excluding carboxylic acids is 1. The molecule has 0 aromatic carbocycles. The summed E-state index contributed by atoms with van der Waals surface area (Å²) in [5.74, 6) is 1.55. The van der Waals surface area contributed by atoms with Gasteiger partial charge in [-0.05, 0) is 45.1 Å². The molecule has 0 spiro atoms. The maximum Gasteiger partial charge on any atom is 0.410 e. The lowest BCUT2D eigenvalue weighted by Crippen LogP contribution is -2.44. The Labute approximate surface area is 131 Å². The van der Waals surface area contributed by atoms with Gasteiger partial charge in [-0.15, -0.1) is 0 Å². The van der Waals surface area contributed by atoms with E-state index in [0.717, 1.165) is 19.4 Å². The summed E-state index contributed by atoms with van der Waals surface area (Å²) in [4.78, 5) is 18.6. The number of hydrogen-bond acceptors (Lipinski definition) is 4. The van der Waals surface area contributed by atoms with E-state index in [0.29, 0.717) is 17.7 Å². The van der Waals surface area contributed by atoms with Crippen molar-refractivity contribution in [1.29, 1.82) is 0 Å². The maximum atomic E-state index is 12.4. The molecule has 2 aliphatic rings. The van der Waals surface area contributed by atoms with Crippen molar-refractivity contribution >= 4 is 6.09 Å². The number of carbonyl (C=O) groups is 1. The number of methoxy groups -OCH3 is 1. The maximum absolute atomic E-state index is 12.4. The van der Waals surface area contributed by atoms with Crippen LogP contribution in [0.3, 0.4) is 0 Å². The van der Waals surface area contributed by atoms with Crippen LogP contribution in [0.1, 0.15) is 45.1 Å². The minimum atomic E-state index is -0.448. The van der Waals surface area contributed by atoms with Crippen molar-refractivity contribution < 1.29 is 14.3 Å². The van der Waals surface area contributed by atoms with E-state index in [-0.39, 0.29) is 12.1 Å². The summed E-state index contributed by atoms with van der Waals surface area (Å²) in [6, 6.07) is 4.18. The van der Waals surface area contributed by atoms with Crippen LogP contribution in [0.15, 0.2) is 18.3 Å². The summed E-state index contributed by atoms with van der Waals surface area (Å²) >= 11 is 0. The number of ether oxygens (including phenoxy) is 2. The van der Waals surface area contributed by atoms with E-state index in [4.69, 9.17) is 9.47 Å². The molecular formula is C17H24N2O3. The van der Waals surface area contributed by atoms with Crippen LogP contribution in [0.4, 0.5) is 4.79 Å². The lowest BCUT2D eigenvalue weighted by Gasteiger charge is -2.34. The van der Waals surface area contributed by atoms with Crippen molar-refractivity contribution in [1.82, 2.24) is 9.88 Å². The van der Waals surface area contributed by atoms with Gasteiger partial charge in [0.2, 0.25) is 5.88 Å². The summed E-state index contributed by atoms with van der Waals surface area (Å²) in [6.45, 7) is 6.54. The first kappa shape index (κ1) is 15.1. The third-order valence-electron chi connectivity index (χ3n) is 4.51. The predicted molar refractivity (Wildman–Crippen MR) is 83.0 cm³/mol. The molecule has 1 aromatic rings. The van der Waals surface area contributed by atoms with E-state index < -0.39 is 5.60 Å². The Kier molecular flexibility index (Phi) is 3.75. The normalized spacial score (nSPS) is 27.1. The predicted octanol–water partition coefficient (Wildman–Crippen LogP) is 3.20. The highest BCUT2D eigenvalue weighted by Gasteiger charge is 2.48. The van der Waals surface area contributed by atoms with Crippen LogP contribution >= 0.6 is 0 Å². The van der Waals surface area contributed by atoms with Crippen molar-refractivity contribution in [2.24, 2.45) is 5.92 Å². The molecule has 2 bridgehead atoms. The molecule has 22 heavy (non-hydrogen) atoms. The first-order valence-electron chi connectivity index (χ1n) is 7.87. The average Bonchev–Trinajstić information content (AvgIpc) is 3.06. The highest BCUT2D eigenvalue weighted by molar-refractivity contribution is 5.69. The number of pyridine rings is 1. The topological polar surface area (TPSA) is 51.7 Å². The second-order valence-corrected chi connectivity index (χ2v) is 7.28. The first-order valence-corrected chi connectivity index (χ1v) is 7.87. The smallest absolute Gasteiger partial charge is 0.410 e. The fourth-order valence-electron chi connectivity index (χ4n) is 3.65. The Morgan fingerprint density at radius 3 is 2.64 bits per heavy atom. The molecule has 1 aromatic heterocycles. The molecule has 0 N–H and O–H groups in total. The highest BCUT2D eigenvalue weighted by Crippen LogP contribution is 2.47. The molecule has 5 nitrogen and oxygen atoms in total. The largest absolute Gasteiger partial charge is 0.481 e. The van der Waals surface area contributed by atoms with Gasteiger partial charge in [-0.1, -0.05) is 6.07 Å². The third kappa shape index (κ3) is 2.89. The molecule has 1 saturated heterocycles. The molecule has 2 heterocycles. The third-order valence-corrected chi connectivity index (χ3v) is 4.51. The van der Waals surface area contributed by atoms with Crippen LogP contribution in [-0.4, -0.2) is 41.3 Å². The van der Waals surface area contributed by atoms with Gasteiger partial charge in [0.05, 0.1) is 7.11 Å². The number of nitrogens with zero attached hydrogens (tertiary/aromatic N) is 2. The first-order chi connectivity index (χ1) is 10.4. The number of likely N-dealkylation sites (tertiary alicyclic amines) is 1. The second-order valence-electron chi connectivity index (χ2n) is 7.28. The number of piperidine rings is 1. The molecule has 3 atom stereocenters. The number of rotatable bonds is 2. The van der Waals surface area contributed by atoms with E-state index in [2.05, 4.69) is 11.1 Å². The lowest BCUT2D eigenvalue weighted by molar-refractivity contribution is 0.0170. The number of fused-ring (bicyclic) bond motifs is 2. The van der Waals surface area contributed by atoms with Gasteiger partial charge in [-0.2, -0.15) is 0 Å². The summed E-state index contributed by atoms with van der Waals surface area (Å²) in [5, 5.41) is 0. The summed E-state index contributed by atoms with van der Waals surface area (Å²) in [7, 11) is 1.61. The summed E-state index contributed by atoms with van der Waals surface area (Å²) in [5.41, 5.74) is 0.734. The zero-order valence-electron chi connectivity index (χ0n) is 13.7. The van der Waals surface area contributed by atoms with E-state index in [9.17, 15) is 4.79 Å². The molecule has 3 rings (SSSR count). The number of amides is 1. The zero-order valence-corrected chi connectivity index (χ0v) is 13.7. The van der Waals surface area contributed by atoms with Crippen LogP contribution in [-0.2, 0) is 4.74 Å². The fourth-order valence-corrected chi connectivity index (χ4v) is 3.65. The van der Waals surface area contributed by atoms with Crippen molar-refractivity contribution in [2.45, 2.75) is 51.2 Å². The monoisotopic (exact) mass is 304 g/mol. The van der Waals surface area contributed by atoms with Gasteiger partial charge in [-0.25, -0.2) is 9.78 Å². The minimum absolute atomic E-state index is 0.189. The van der Waals surface area contributed by atoms with Crippen molar-refractivity contribution in [3.8, 4) is 5.88 Å². The van der Waals surface area contributed by atoms with Crippen molar-refractivity contribution in [2.75, 3.05) is 13.7 Å². The van der Waals surface area contributed by atoms with Crippen LogP contribution in [0, 0.1) is 5.92 Å². The highest BCUT2D eigenvalue weighted by atomic mass is 16.6. The van der Waals surface area contributed by atoms with Crippen LogP contribution in [0.2, 0.25) is 0 Å². The summed E-state index contributed by atoms with van der Waals surface area (Å²) < 4.78 is 10.7. The Balaban J connectivity index is 1.74. The van der Waals surface area contributed by atoms with Gasteiger partial charge >= 0.3 is 6.09 Å². The Morgan fingerprint density at radius 2 is 2.09 bits per heavy atom. The second kappa shape index (κ2) is 5.45. The van der Waals surface area contributed by atoms with Gasteiger partial charge in [0.25, 0.3) is 0 Å². The molecule has 5 heteroatoms. The van der Waals surface area contributed by atoms with E-state index >= 15 is 0 Å². The number of aromatic nitrogens is 1. The average molecular weight is 304 g/mol. The quantitative estimate of drug-likeness (QED) is 0.842. The SMILES string of the molecule is COc1ccc([C@@H]2C[C@@H]3C[C@H]2N(C(=O)OC(C)(C)C)C3)cn1. The van der Waals surface area contributed by atoms with E-state index in [1.165, 1.54) is 5.56 Å². The van der Waals surface area contributed by atoms with Gasteiger partial charge in [-0.3, -0.25) is 0 Å². The molecule has 1 aliphatic carbocycles. The molecule has 1 aliphatic heterocycles. The number of hydrogen-bond donors (Lipinski definition) is 0. The van der Waals surface area contributed by atoms with Gasteiger partial charge in [0.15, 0.2) is 0 Å². The lowest BCUT2D eigenvalue weighted by atomic mass is 9.92. The van der Waals surface area contributed by atoms with Gasteiger partial charge in [0, 0.05) is 30.8 Å². The Bertz CT molecular complexity index is 550. The standard InChI is InChI=1S/C17H24N2O3/c1-17(2,3)22-16(20)19-10-11-7-13(14(19)8-11)12-5-6-15(21-4)18-9-12/h5-6,9,11,13-14H,7-8,10H2,1-4H3/t11-,13+,14-/m1/s1. The Hall–Kier alpha value is -1.78. The molecule has 0 unspecified atom stereocenters. The molecule has 2 fully saturated rings. The Morgan fingerprint density at radius 1 is 1.32 bits per heavy atom. The van der Waals surface area contributed by atoms with Crippen LogP contribution in [0.5, 0.6) is 5.88 Å². The minimum Gasteiger partial charge on any atom is -0.481 e. The molecule has 1 saturated carbocycles. The van der Waals surface area contributed by atoms with E-state index in [1.54, 1.807) is 7.11 Å². The fraction of sp³-hybridized carbons (Fsp3) is 0.647.